The van der Waals surface area contributed by atoms with E-state index in [9.17, 15) is 0 Å². The van der Waals surface area contributed by atoms with E-state index in [1.807, 2.05) is 24.3 Å². The first kappa shape index (κ1) is 11.0. The molecule has 0 spiro atoms. The van der Waals surface area contributed by atoms with Crippen molar-refractivity contribution in [2.75, 3.05) is 13.7 Å². The first-order valence-electron chi connectivity index (χ1n) is 5.55. The molecule has 1 aromatic rings. The highest BCUT2D eigenvalue weighted by molar-refractivity contribution is 5.79. The summed E-state index contributed by atoms with van der Waals surface area (Å²) >= 11 is 0. The molecule has 3 nitrogen and oxygen atoms in total. The minimum atomic E-state index is 0.142. The van der Waals surface area contributed by atoms with Gasteiger partial charge in [0.05, 0.1) is 7.11 Å². The second-order valence-electron chi connectivity index (χ2n) is 4.22. The van der Waals surface area contributed by atoms with Gasteiger partial charge in [-0.2, -0.15) is 0 Å². The third kappa shape index (κ3) is 2.18. The van der Waals surface area contributed by atoms with Crippen LogP contribution in [0.25, 0.3) is 0 Å². The fourth-order valence-electron chi connectivity index (χ4n) is 1.71. The summed E-state index contributed by atoms with van der Waals surface area (Å²) in [4.78, 5) is 4.57. The lowest BCUT2D eigenvalue weighted by Gasteiger charge is -2.06. The summed E-state index contributed by atoms with van der Waals surface area (Å²) in [6, 6.07) is 8.14. The molecule has 3 heteroatoms. The van der Waals surface area contributed by atoms with Crippen LogP contribution in [0.3, 0.4) is 0 Å². The lowest BCUT2D eigenvalue weighted by molar-refractivity contribution is 0.303. The van der Waals surface area contributed by atoms with Gasteiger partial charge in [-0.3, -0.25) is 0 Å². The Morgan fingerprint density at radius 1 is 1.31 bits per heavy atom. The summed E-state index contributed by atoms with van der Waals surface area (Å²) in [5.41, 5.74) is 1.18. The van der Waals surface area contributed by atoms with Crippen molar-refractivity contribution in [1.29, 1.82) is 0 Å². The monoisotopic (exact) mass is 219 g/mol. The zero-order chi connectivity index (χ0) is 11.5. The molecular formula is C13H17NO2. The highest BCUT2D eigenvalue weighted by Gasteiger charge is 2.22. The highest BCUT2D eigenvalue weighted by Crippen LogP contribution is 2.26. The van der Waals surface area contributed by atoms with Crippen molar-refractivity contribution in [2.45, 2.75) is 19.9 Å². The predicted octanol–water partition coefficient (Wildman–Crippen LogP) is 2.82. The number of benzene rings is 1. The van der Waals surface area contributed by atoms with Crippen molar-refractivity contribution < 1.29 is 9.47 Å². The van der Waals surface area contributed by atoms with Gasteiger partial charge in [-0.1, -0.05) is 26.0 Å². The van der Waals surface area contributed by atoms with Crippen LogP contribution < -0.4 is 4.74 Å². The number of hydrogen-bond donors (Lipinski definition) is 0. The standard InChI is InChI=1S/C13H17NO2/c1-9(2)13-14-12(8-16-13)10-4-6-11(15-3)7-5-10/h4-7,9,12H,8H2,1-3H3/t12-/m1/s1. The zero-order valence-corrected chi connectivity index (χ0v) is 9.93. The lowest BCUT2D eigenvalue weighted by atomic mass is 10.1. The molecule has 0 amide bonds. The average molecular weight is 219 g/mol. The SMILES string of the molecule is COc1ccc([C@H]2COC(C(C)C)=N2)cc1. The predicted molar refractivity (Wildman–Crippen MR) is 64.0 cm³/mol. The molecule has 0 aromatic heterocycles. The zero-order valence-electron chi connectivity index (χ0n) is 9.93. The Kier molecular flexibility index (Phi) is 3.13. The number of rotatable bonds is 3. The van der Waals surface area contributed by atoms with E-state index in [1.165, 1.54) is 5.56 Å². The maximum Gasteiger partial charge on any atom is 0.186 e. The van der Waals surface area contributed by atoms with Crippen molar-refractivity contribution in [2.24, 2.45) is 10.9 Å². The molecule has 0 bridgehead atoms. The summed E-state index contributed by atoms with van der Waals surface area (Å²) in [7, 11) is 1.67. The molecule has 1 atom stereocenters. The Bertz CT molecular complexity index is 381. The van der Waals surface area contributed by atoms with Gasteiger partial charge in [0.2, 0.25) is 0 Å². The van der Waals surface area contributed by atoms with E-state index in [0.29, 0.717) is 12.5 Å². The van der Waals surface area contributed by atoms with Gasteiger partial charge in [0.25, 0.3) is 0 Å². The Morgan fingerprint density at radius 2 is 2.00 bits per heavy atom. The summed E-state index contributed by atoms with van der Waals surface area (Å²) in [5, 5.41) is 0. The van der Waals surface area contributed by atoms with E-state index < -0.39 is 0 Å². The third-order valence-electron chi connectivity index (χ3n) is 2.67. The molecular weight excluding hydrogens is 202 g/mol. The lowest BCUT2D eigenvalue weighted by Crippen LogP contribution is -2.06. The third-order valence-corrected chi connectivity index (χ3v) is 2.67. The molecule has 1 aromatic carbocycles. The van der Waals surface area contributed by atoms with Crippen LogP contribution >= 0.6 is 0 Å². The summed E-state index contributed by atoms with van der Waals surface area (Å²) in [6.07, 6.45) is 0. The summed E-state index contributed by atoms with van der Waals surface area (Å²) < 4.78 is 10.7. The van der Waals surface area contributed by atoms with Gasteiger partial charge >= 0.3 is 0 Å². The van der Waals surface area contributed by atoms with Gasteiger partial charge in [-0.15, -0.1) is 0 Å². The number of ether oxygens (including phenoxy) is 2. The first-order chi connectivity index (χ1) is 7.70. The molecule has 0 N–H and O–H groups in total. The molecule has 0 fully saturated rings. The highest BCUT2D eigenvalue weighted by atomic mass is 16.5. The van der Waals surface area contributed by atoms with Crippen LogP contribution in [0.4, 0.5) is 0 Å². The number of methoxy groups -OCH3 is 1. The van der Waals surface area contributed by atoms with Crippen LogP contribution in [-0.2, 0) is 4.74 Å². The van der Waals surface area contributed by atoms with E-state index in [0.717, 1.165) is 11.6 Å². The molecule has 2 rings (SSSR count). The van der Waals surface area contributed by atoms with E-state index in [2.05, 4.69) is 18.8 Å². The van der Waals surface area contributed by atoms with Gasteiger partial charge < -0.3 is 9.47 Å². The minimum absolute atomic E-state index is 0.142. The molecule has 0 aliphatic carbocycles. The average Bonchev–Trinajstić information content (AvgIpc) is 2.78. The maximum absolute atomic E-state index is 5.56. The molecule has 1 aliphatic rings. The Labute approximate surface area is 96.1 Å². The van der Waals surface area contributed by atoms with Gasteiger partial charge in [0.1, 0.15) is 18.4 Å². The van der Waals surface area contributed by atoms with Crippen LogP contribution in [0.2, 0.25) is 0 Å². The van der Waals surface area contributed by atoms with Crippen LogP contribution in [-0.4, -0.2) is 19.6 Å². The maximum atomic E-state index is 5.56. The van der Waals surface area contributed by atoms with E-state index in [-0.39, 0.29) is 6.04 Å². The van der Waals surface area contributed by atoms with Crippen molar-refractivity contribution in [1.82, 2.24) is 0 Å². The smallest absolute Gasteiger partial charge is 0.186 e. The van der Waals surface area contributed by atoms with Gasteiger partial charge in [-0.25, -0.2) is 4.99 Å². The van der Waals surface area contributed by atoms with Crippen LogP contribution in [0.15, 0.2) is 29.3 Å². The molecule has 1 aliphatic heterocycles. The molecule has 0 unspecified atom stereocenters. The van der Waals surface area contributed by atoms with Crippen molar-refractivity contribution in [3.05, 3.63) is 29.8 Å². The normalized spacial score (nSPS) is 19.5. The first-order valence-corrected chi connectivity index (χ1v) is 5.55. The Morgan fingerprint density at radius 3 is 2.50 bits per heavy atom. The minimum Gasteiger partial charge on any atom is -0.497 e. The van der Waals surface area contributed by atoms with Crippen molar-refractivity contribution in [3.8, 4) is 5.75 Å². The molecule has 1 heterocycles. The topological polar surface area (TPSA) is 30.8 Å². The van der Waals surface area contributed by atoms with Crippen LogP contribution in [0, 0.1) is 5.92 Å². The fraction of sp³-hybridized carbons (Fsp3) is 0.462. The molecule has 0 radical (unpaired) electrons. The molecule has 86 valence electrons. The van der Waals surface area contributed by atoms with Gasteiger partial charge in [0, 0.05) is 5.92 Å². The van der Waals surface area contributed by atoms with Crippen LogP contribution in [0.1, 0.15) is 25.5 Å². The second-order valence-corrected chi connectivity index (χ2v) is 4.22. The fourth-order valence-corrected chi connectivity index (χ4v) is 1.71. The Balaban J connectivity index is 2.13. The van der Waals surface area contributed by atoms with Gasteiger partial charge in [0.15, 0.2) is 5.90 Å². The van der Waals surface area contributed by atoms with Crippen molar-refractivity contribution >= 4 is 5.90 Å². The van der Waals surface area contributed by atoms with Crippen LogP contribution in [0.5, 0.6) is 5.75 Å². The largest absolute Gasteiger partial charge is 0.497 e. The summed E-state index contributed by atoms with van der Waals surface area (Å²) in [6.45, 7) is 4.84. The number of nitrogens with zero attached hydrogens (tertiary/aromatic N) is 1. The number of hydrogen-bond acceptors (Lipinski definition) is 3. The number of aliphatic imine (C=N–C) groups is 1. The van der Waals surface area contributed by atoms with Gasteiger partial charge in [-0.05, 0) is 17.7 Å². The summed E-state index contributed by atoms with van der Waals surface area (Å²) in [5.74, 6) is 2.10. The van der Waals surface area contributed by atoms with Crippen molar-refractivity contribution in [3.63, 3.8) is 0 Å². The Hall–Kier alpha value is -1.51. The quantitative estimate of drug-likeness (QED) is 0.782. The van der Waals surface area contributed by atoms with E-state index in [1.54, 1.807) is 7.11 Å². The van der Waals surface area contributed by atoms with E-state index in [4.69, 9.17) is 9.47 Å². The van der Waals surface area contributed by atoms with E-state index >= 15 is 0 Å². The molecule has 0 saturated heterocycles. The molecule has 16 heavy (non-hydrogen) atoms. The molecule has 0 saturated carbocycles. The second kappa shape index (κ2) is 4.56.